The Morgan fingerprint density at radius 3 is 3.00 bits per heavy atom. The van der Waals surface area contributed by atoms with Crippen molar-refractivity contribution in [1.29, 1.82) is 0 Å². The molecule has 2 heterocycles. The zero-order valence-corrected chi connectivity index (χ0v) is 11.5. The molecule has 102 valence electrons. The van der Waals surface area contributed by atoms with Crippen molar-refractivity contribution in [3.8, 4) is 0 Å². The van der Waals surface area contributed by atoms with E-state index in [-0.39, 0.29) is 11.8 Å². The number of hydrogen-bond acceptors (Lipinski definition) is 2. The minimum Gasteiger partial charge on any atom is -0.355 e. The van der Waals surface area contributed by atoms with Crippen LogP contribution in [0.4, 0.5) is 0 Å². The van der Waals surface area contributed by atoms with Gasteiger partial charge < -0.3 is 10.6 Å². The lowest BCUT2D eigenvalue weighted by molar-refractivity contribution is -0.125. The fourth-order valence-electron chi connectivity index (χ4n) is 3.44. The van der Waals surface area contributed by atoms with Gasteiger partial charge in [0.05, 0.1) is 5.92 Å². The smallest absolute Gasteiger partial charge is 0.224 e. The molecule has 2 N–H and O–H groups in total. The fourth-order valence-corrected chi connectivity index (χ4v) is 3.44. The highest BCUT2D eigenvalue weighted by atomic mass is 16.1. The fraction of sp³-hybridized carbons (Fsp3) is 0.562. The molecule has 3 nitrogen and oxygen atoms in total. The first-order valence-corrected chi connectivity index (χ1v) is 7.31. The summed E-state index contributed by atoms with van der Waals surface area (Å²) in [6.07, 6.45) is 4.36. The SMILES string of the molecule is Cc1cccc(CCNC(=O)C2CC3CCC2N3)c1. The molecule has 0 aromatic heterocycles. The molecule has 3 unspecified atom stereocenters. The second-order valence-corrected chi connectivity index (χ2v) is 5.92. The number of carbonyl (C=O) groups excluding carboxylic acids is 1. The summed E-state index contributed by atoms with van der Waals surface area (Å²) in [5.41, 5.74) is 2.58. The molecule has 1 amide bonds. The minimum absolute atomic E-state index is 0.205. The molecule has 0 spiro atoms. The van der Waals surface area contributed by atoms with Crippen LogP contribution in [0.3, 0.4) is 0 Å². The topological polar surface area (TPSA) is 41.1 Å². The van der Waals surface area contributed by atoms with Crippen LogP contribution in [0.25, 0.3) is 0 Å². The minimum atomic E-state index is 0.205. The summed E-state index contributed by atoms with van der Waals surface area (Å²) in [5, 5.41) is 6.61. The van der Waals surface area contributed by atoms with E-state index in [1.54, 1.807) is 0 Å². The Labute approximate surface area is 114 Å². The summed E-state index contributed by atoms with van der Waals surface area (Å²) in [5.74, 6) is 0.448. The van der Waals surface area contributed by atoms with Gasteiger partial charge in [0.25, 0.3) is 0 Å². The van der Waals surface area contributed by atoms with E-state index in [0.29, 0.717) is 12.1 Å². The standard InChI is InChI=1S/C16H22N2O/c1-11-3-2-4-12(9-11)7-8-17-16(19)14-10-13-5-6-15(14)18-13/h2-4,9,13-15,18H,5-8,10H2,1H3,(H,17,19). The Hall–Kier alpha value is -1.35. The Morgan fingerprint density at radius 1 is 1.42 bits per heavy atom. The number of amides is 1. The van der Waals surface area contributed by atoms with Crippen LogP contribution in [0.5, 0.6) is 0 Å². The molecular formula is C16H22N2O. The molecule has 0 saturated carbocycles. The van der Waals surface area contributed by atoms with Crippen molar-refractivity contribution >= 4 is 5.91 Å². The first kappa shape index (κ1) is 12.7. The lowest BCUT2D eigenvalue weighted by Crippen LogP contribution is -2.38. The van der Waals surface area contributed by atoms with Gasteiger partial charge in [0.2, 0.25) is 5.91 Å². The summed E-state index contributed by atoms with van der Waals surface area (Å²) in [4.78, 5) is 12.1. The van der Waals surface area contributed by atoms with Crippen LogP contribution in [0.15, 0.2) is 24.3 Å². The van der Waals surface area contributed by atoms with Crippen LogP contribution in [0.2, 0.25) is 0 Å². The van der Waals surface area contributed by atoms with Gasteiger partial charge in [-0.2, -0.15) is 0 Å². The molecule has 1 aromatic rings. The highest BCUT2D eigenvalue weighted by Crippen LogP contribution is 2.33. The first-order chi connectivity index (χ1) is 9.22. The van der Waals surface area contributed by atoms with Crippen LogP contribution >= 0.6 is 0 Å². The van der Waals surface area contributed by atoms with Gasteiger partial charge in [-0.1, -0.05) is 29.8 Å². The Balaban J connectivity index is 1.46. The Morgan fingerprint density at radius 2 is 2.32 bits per heavy atom. The molecule has 3 atom stereocenters. The van der Waals surface area contributed by atoms with Crippen molar-refractivity contribution in [2.75, 3.05) is 6.54 Å². The molecule has 2 aliphatic rings. The quantitative estimate of drug-likeness (QED) is 0.864. The lowest BCUT2D eigenvalue weighted by Gasteiger charge is -2.19. The van der Waals surface area contributed by atoms with Gasteiger partial charge in [0, 0.05) is 18.6 Å². The molecule has 0 aliphatic carbocycles. The van der Waals surface area contributed by atoms with Gasteiger partial charge in [-0.05, 0) is 38.2 Å². The van der Waals surface area contributed by atoms with Crippen molar-refractivity contribution in [2.24, 2.45) is 5.92 Å². The highest BCUT2D eigenvalue weighted by molar-refractivity contribution is 5.80. The van der Waals surface area contributed by atoms with Crippen molar-refractivity contribution in [1.82, 2.24) is 10.6 Å². The zero-order chi connectivity index (χ0) is 13.2. The van der Waals surface area contributed by atoms with Gasteiger partial charge in [-0.3, -0.25) is 4.79 Å². The van der Waals surface area contributed by atoms with Crippen molar-refractivity contribution in [3.05, 3.63) is 35.4 Å². The maximum Gasteiger partial charge on any atom is 0.224 e. The number of benzene rings is 1. The van der Waals surface area contributed by atoms with Crippen LogP contribution in [-0.4, -0.2) is 24.5 Å². The predicted molar refractivity (Wildman–Crippen MR) is 75.9 cm³/mol. The van der Waals surface area contributed by atoms with Gasteiger partial charge in [0.1, 0.15) is 0 Å². The van der Waals surface area contributed by atoms with Crippen LogP contribution in [0.1, 0.15) is 30.4 Å². The molecule has 3 heteroatoms. The highest BCUT2D eigenvalue weighted by Gasteiger charge is 2.42. The summed E-state index contributed by atoms with van der Waals surface area (Å²) in [7, 11) is 0. The number of nitrogens with one attached hydrogen (secondary N) is 2. The van der Waals surface area contributed by atoms with E-state index in [0.717, 1.165) is 19.4 Å². The largest absolute Gasteiger partial charge is 0.355 e. The van der Waals surface area contributed by atoms with E-state index in [4.69, 9.17) is 0 Å². The Kier molecular flexibility index (Phi) is 3.56. The van der Waals surface area contributed by atoms with Crippen molar-refractivity contribution in [3.63, 3.8) is 0 Å². The molecule has 3 rings (SSSR count). The Bertz CT molecular complexity index is 472. The number of hydrogen-bond donors (Lipinski definition) is 2. The third kappa shape index (κ3) is 2.81. The second-order valence-electron chi connectivity index (χ2n) is 5.92. The number of rotatable bonds is 4. The third-order valence-electron chi connectivity index (χ3n) is 4.43. The molecule has 19 heavy (non-hydrogen) atoms. The normalized spacial score (nSPS) is 28.6. The maximum absolute atomic E-state index is 12.1. The van der Waals surface area contributed by atoms with Crippen molar-refractivity contribution in [2.45, 2.75) is 44.7 Å². The number of carbonyl (C=O) groups is 1. The van der Waals surface area contributed by atoms with E-state index in [9.17, 15) is 4.79 Å². The number of fused-ring (bicyclic) bond motifs is 2. The monoisotopic (exact) mass is 258 g/mol. The summed E-state index contributed by atoms with van der Waals surface area (Å²) < 4.78 is 0. The van der Waals surface area contributed by atoms with Gasteiger partial charge in [-0.15, -0.1) is 0 Å². The molecule has 2 fully saturated rings. The first-order valence-electron chi connectivity index (χ1n) is 7.31. The third-order valence-corrected chi connectivity index (χ3v) is 4.43. The van der Waals surface area contributed by atoms with E-state index in [1.807, 2.05) is 0 Å². The maximum atomic E-state index is 12.1. The van der Waals surface area contributed by atoms with E-state index in [2.05, 4.69) is 41.8 Å². The molecular weight excluding hydrogens is 236 g/mol. The van der Waals surface area contributed by atoms with Crippen LogP contribution in [0, 0.1) is 12.8 Å². The predicted octanol–water partition coefficient (Wildman–Crippen LogP) is 1.79. The average Bonchev–Trinajstić information content (AvgIpc) is 3.01. The number of aryl methyl sites for hydroxylation is 1. The van der Waals surface area contributed by atoms with Gasteiger partial charge >= 0.3 is 0 Å². The van der Waals surface area contributed by atoms with Gasteiger partial charge in [-0.25, -0.2) is 0 Å². The van der Waals surface area contributed by atoms with E-state index < -0.39 is 0 Å². The zero-order valence-electron chi connectivity index (χ0n) is 11.5. The lowest BCUT2D eigenvalue weighted by atomic mass is 9.88. The second kappa shape index (κ2) is 5.33. The molecule has 2 aliphatic heterocycles. The average molecular weight is 258 g/mol. The van der Waals surface area contributed by atoms with E-state index >= 15 is 0 Å². The molecule has 2 saturated heterocycles. The molecule has 1 aromatic carbocycles. The van der Waals surface area contributed by atoms with Gasteiger partial charge in [0.15, 0.2) is 0 Å². The van der Waals surface area contributed by atoms with Crippen molar-refractivity contribution < 1.29 is 4.79 Å². The summed E-state index contributed by atoms with van der Waals surface area (Å²) >= 11 is 0. The molecule has 0 radical (unpaired) electrons. The van der Waals surface area contributed by atoms with Crippen LogP contribution < -0.4 is 10.6 Å². The van der Waals surface area contributed by atoms with Crippen LogP contribution in [-0.2, 0) is 11.2 Å². The van der Waals surface area contributed by atoms with E-state index in [1.165, 1.54) is 24.0 Å². The summed E-state index contributed by atoms with van der Waals surface area (Å²) in [6.45, 7) is 2.85. The molecule has 2 bridgehead atoms. The summed E-state index contributed by atoms with van der Waals surface area (Å²) in [6, 6.07) is 9.51.